The van der Waals surface area contributed by atoms with Gasteiger partial charge in [0.2, 0.25) is 0 Å². The summed E-state index contributed by atoms with van der Waals surface area (Å²) >= 11 is 0. The van der Waals surface area contributed by atoms with E-state index in [0.29, 0.717) is 6.04 Å². The molecule has 0 aromatic heterocycles. The number of aliphatic hydroxyl groups is 1. The zero-order chi connectivity index (χ0) is 11.6. The van der Waals surface area contributed by atoms with E-state index in [1.165, 1.54) is 25.7 Å². The van der Waals surface area contributed by atoms with Gasteiger partial charge < -0.3 is 10.4 Å². The van der Waals surface area contributed by atoms with Crippen LogP contribution in [-0.2, 0) is 0 Å². The van der Waals surface area contributed by atoms with E-state index < -0.39 is 0 Å². The number of hydrogen-bond acceptors (Lipinski definition) is 3. The van der Waals surface area contributed by atoms with Crippen LogP contribution < -0.4 is 5.32 Å². The molecule has 2 N–H and O–H groups in total. The molecule has 0 spiro atoms. The first-order chi connectivity index (χ1) is 7.61. The van der Waals surface area contributed by atoms with E-state index in [1.54, 1.807) is 0 Å². The van der Waals surface area contributed by atoms with E-state index in [2.05, 4.69) is 24.1 Å². The maximum absolute atomic E-state index is 10.3. The van der Waals surface area contributed by atoms with E-state index >= 15 is 0 Å². The fraction of sp³-hybridized carbons (Fsp3) is 1.00. The molecule has 0 aromatic rings. The number of aliphatic hydroxyl groups excluding tert-OH is 1. The summed E-state index contributed by atoms with van der Waals surface area (Å²) in [5, 5.41) is 13.7. The molecule has 1 aliphatic carbocycles. The highest BCUT2D eigenvalue weighted by atomic mass is 16.3. The predicted molar refractivity (Wildman–Crippen MR) is 66.5 cm³/mol. The van der Waals surface area contributed by atoms with Crippen LogP contribution in [0.3, 0.4) is 0 Å². The minimum atomic E-state index is -0.111. The zero-order valence-corrected chi connectivity index (χ0v) is 10.7. The number of hydrogen-bond donors (Lipinski definition) is 2. The molecule has 1 saturated heterocycles. The maximum Gasteiger partial charge on any atom is 0.0695 e. The quantitative estimate of drug-likeness (QED) is 0.663. The third-order valence-corrected chi connectivity index (χ3v) is 4.21. The van der Waals surface area contributed by atoms with Gasteiger partial charge >= 0.3 is 0 Å². The lowest BCUT2D eigenvalue weighted by molar-refractivity contribution is -0.0234. The number of rotatable bonds is 1. The molecule has 94 valence electrons. The second-order valence-corrected chi connectivity index (χ2v) is 5.96. The van der Waals surface area contributed by atoms with Crippen molar-refractivity contribution in [1.29, 1.82) is 0 Å². The second kappa shape index (κ2) is 5.03. The van der Waals surface area contributed by atoms with Crippen molar-refractivity contribution in [2.45, 2.75) is 63.6 Å². The molecule has 2 aliphatic rings. The molecule has 0 bridgehead atoms. The summed E-state index contributed by atoms with van der Waals surface area (Å²) in [7, 11) is 0. The second-order valence-electron chi connectivity index (χ2n) is 5.96. The lowest BCUT2D eigenvalue weighted by Crippen LogP contribution is -2.63. The van der Waals surface area contributed by atoms with Crippen molar-refractivity contribution in [3.8, 4) is 0 Å². The normalized spacial score (nSPS) is 36.9. The average molecular weight is 226 g/mol. The van der Waals surface area contributed by atoms with Gasteiger partial charge in [0.05, 0.1) is 6.10 Å². The van der Waals surface area contributed by atoms with Crippen LogP contribution in [0.25, 0.3) is 0 Å². The fourth-order valence-electron chi connectivity index (χ4n) is 3.24. The maximum atomic E-state index is 10.3. The van der Waals surface area contributed by atoms with Gasteiger partial charge in [0.25, 0.3) is 0 Å². The summed E-state index contributed by atoms with van der Waals surface area (Å²) in [6.45, 7) is 7.76. The van der Waals surface area contributed by atoms with Crippen molar-refractivity contribution < 1.29 is 5.11 Å². The van der Waals surface area contributed by atoms with Crippen molar-refractivity contribution in [3.05, 3.63) is 0 Å². The van der Waals surface area contributed by atoms with Crippen LogP contribution in [0.4, 0.5) is 0 Å². The first kappa shape index (κ1) is 12.3. The van der Waals surface area contributed by atoms with E-state index in [1.807, 2.05) is 0 Å². The van der Waals surface area contributed by atoms with Crippen molar-refractivity contribution in [2.24, 2.45) is 0 Å². The molecule has 16 heavy (non-hydrogen) atoms. The predicted octanol–water partition coefficient (Wildman–Crippen LogP) is 1.36. The van der Waals surface area contributed by atoms with Crippen LogP contribution in [0.2, 0.25) is 0 Å². The Hall–Kier alpha value is -0.120. The Morgan fingerprint density at radius 3 is 2.69 bits per heavy atom. The van der Waals surface area contributed by atoms with Gasteiger partial charge in [-0.3, -0.25) is 4.90 Å². The van der Waals surface area contributed by atoms with Crippen LogP contribution >= 0.6 is 0 Å². The smallest absolute Gasteiger partial charge is 0.0695 e. The van der Waals surface area contributed by atoms with Crippen LogP contribution in [0, 0.1) is 0 Å². The average Bonchev–Trinajstić information content (AvgIpc) is 2.43. The van der Waals surface area contributed by atoms with Gasteiger partial charge in [0.15, 0.2) is 0 Å². The van der Waals surface area contributed by atoms with Gasteiger partial charge in [-0.25, -0.2) is 0 Å². The molecule has 2 rings (SSSR count). The standard InChI is InChI=1S/C13H26N2O/c1-13(2)10-14-8-9-15(13)11-6-4-3-5-7-12(11)16/h11-12,14,16H,3-10H2,1-2H3. The molecule has 2 unspecified atom stereocenters. The summed E-state index contributed by atoms with van der Waals surface area (Å²) < 4.78 is 0. The molecule has 1 heterocycles. The first-order valence-corrected chi connectivity index (χ1v) is 6.77. The summed E-state index contributed by atoms with van der Waals surface area (Å²) in [5.74, 6) is 0. The van der Waals surface area contributed by atoms with Gasteiger partial charge in [-0.15, -0.1) is 0 Å². The van der Waals surface area contributed by atoms with Crippen molar-refractivity contribution >= 4 is 0 Å². The van der Waals surface area contributed by atoms with E-state index in [-0.39, 0.29) is 11.6 Å². The topological polar surface area (TPSA) is 35.5 Å². The lowest BCUT2D eigenvalue weighted by Gasteiger charge is -2.48. The van der Waals surface area contributed by atoms with Gasteiger partial charge in [-0.1, -0.05) is 19.3 Å². The van der Waals surface area contributed by atoms with Gasteiger partial charge in [0, 0.05) is 31.2 Å². The minimum absolute atomic E-state index is 0.111. The Morgan fingerprint density at radius 1 is 1.19 bits per heavy atom. The van der Waals surface area contributed by atoms with Crippen LogP contribution in [0.1, 0.15) is 46.0 Å². The summed E-state index contributed by atoms with van der Waals surface area (Å²) in [6, 6.07) is 0.389. The highest BCUT2D eigenvalue weighted by Gasteiger charge is 2.37. The van der Waals surface area contributed by atoms with Crippen molar-refractivity contribution in [1.82, 2.24) is 10.2 Å². The van der Waals surface area contributed by atoms with Crippen LogP contribution in [0.15, 0.2) is 0 Å². The summed E-state index contributed by atoms with van der Waals surface area (Å²) in [5.41, 5.74) is 0.189. The van der Waals surface area contributed by atoms with Crippen molar-refractivity contribution in [2.75, 3.05) is 19.6 Å². The molecule has 1 aliphatic heterocycles. The summed E-state index contributed by atoms with van der Waals surface area (Å²) in [4.78, 5) is 2.54. The van der Waals surface area contributed by atoms with E-state index in [0.717, 1.165) is 26.1 Å². The highest BCUT2D eigenvalue weighted by Crippen LogP contribution is 2.28. The Bertz CT molecular complexity index is 230. The Labute approximate surface area is 99.2 Å². The molecule has 1 saturated carbocycles. The molecule has 0 amide bonds. The SMILES string of the molecule is CC1(C)CNCCN1C1CCCCCC1O. The number of nitrogens with zero attached hydrogens (tertiary/aromatic N) is 1. The Kier molecular flexibility index (Phi) is 3.88. The van der Waals surface area contributed by atoms with E-state index in [4.69, 9.17) is 0 Å². The number of nitrogens with one attached hydrogen (secondary N) is 1. The van der Waals surface area contributed by atoms with E-state index in [9.17, 15) is 5.11 Å². The molecular weight excluding hydrogens is 200 g/mol. The van der Waals surface area contributed by atoms with Crippen molar-refractivity contribution in [3.63, 3.8) is 0 Å². The van der Waals surface area contributed by atoms with Gasteiger partial charge in [0.1, 0.15) is 0 Å². The molecule has 0 radical (unpaired) electrons. The molecule has 3 heteroatoms. The lowest BCUT2D eigenvalue weighted by atomic mass is 9.93. The van der Waals surface area contributed by atoms with Crippen LogP contribution in [-0.4, -0.2) is 47.3 Å². The molecule has 0 aromatic carbocycles. The fourth-order valence-corrected chi connectivity index (χ4v) is 3.24. The first-order valence-electron chi connectivity index (χ1n) is 6.77. The van der Waals surface area contributed by atoms with Crippen LogP contribution in [0.5, 0.6) is 0 Å². The molecule has 2 fully saturated rings. The Morgan fingerprint density at radius 2 is 1.94 bits per heavy atom. The van der Waals surface area contributed by atoms with Gasteiger partial charge in [-0.2, -0.15) is 0 Å². The van der Waals surface area contributed by atoms with Gasteiger partial charge in [-0.05, 0) is 26.7 Å². The number of piperazine rings is 1. The molecule has 2 atom stereocenters. The third kappa shape index (κ3) is 2.58. The largest absolute Gasteiger partial charge is 0.391 e. The molecule has 3 nitrogen and oxygen atoms in total. The molecular formula is C13H26N2O. The summed E-state index contributed by atoms with van der Waals surface area (Å²) in [6.07, 6.45) is 5.82. The highest BCUT2D eigenvalue weighted by molar-refractivity contribution is 4.95. The minimum Gasteiger partial charge on any atom is -0.391 e. The Balaban J connectivity index is 2.07. The zero-order valence-electron chi connectivity index (χ0n) is 10.7. The third-order valence-electron chi connectivity index (χ3n) is 4.21. The monoisotopic (exact) mass is 226 g/mol.